The van der Waals surface area contributed by atoms with Crippen molar-refractivity contribution in [3.63, 3.8) is 0 Å². The Bertz CT molecular complexity index is 382. The van der Waals surface area contributed by atoms with Crippen molar-refractivity contribution in [1.82, 2.24) is 0 Å². The van der Waals surface area contributed by atoms with Crippen molar-refractivity contribution in [1.29, 1.82) is 0 Å². The molecule has 0 aliphatic carbocycles. The first-order valence-electron chi connectivity index (χ1n) is 3.74. The first kappa shape index (κ1) is 8.20. The van der Waals surface area contributed by atoms with Gasteiger partial charge in [-0.1, -0.05) is 17.7 Å². The van der Waals surface area contributed by atoms with E-state index in [1.165, 1.54) is 0 Å². The minimum Gasteiger partial charge on any atom is -0.426 e. The van der Waals surface area contributed by atoms with E-state index in [4.69, 9.17) is 20.8 Å². The molecule has 2 aromatic rings. The van der Waals surface area contributed by atoms with Crippen LogP contribution in [-0.4, -0.2) is 0 Å². The van der Waals surface area contributed by atoms with Gasteiger partial charge in [-0.25, -0.2) is 0 Å². The van der Waals surface area contributed by atoms with Crippen LogP contribution in [0.5, 0.6) is 11.7 Å². The van der Waals surface area contributed by atoms with Gasteiger partial charge in [0.2, 0.25) is 0 Å². The highest BCUT2D eigenvalue weighted by Gasteiger charge is 1.99. The van der Waals surface area contributed by atoms with E-state index in [1.807, 2.05) is 6.07 Å². The fourth-order valence-corrected chi connectivity index (χ4v) is 1.11. The molecule has 0 saturated heterocycles. The van der Waals surface area contributed by atoms with Crippen LogP contribution in [0.15, 0.2) is 40.8 Å². The average Bonchev–Trinajstić information content (AvgIpc) is 2.57. The third-order valence-corrected chi connectivity index (χ3v) is 1.70. The normalized spacial score (nSPS) is 9.92. The molecule has 0 atom stereocenters. The van der Waals surface area contributed by atoms with Gasteiger partial charge in [-0.15, -0.1) is 0 Å². The van der Waals surface area contributed by atoms with Gasteiger partial charge in [0, 0.05) is 11.1 Å². The van der Waals surface area contributed by atoms with Crippen molar-refractivity contribution in [2.45, 2.75) is 0 Å². The highest BCUT2D eigenvalue weighted by atomic mass is 35.5. The Balaban J connectivity index is 2.19. The average molecular weight is 194 g/mol. The van der Waals surface area contributed by atoms with E-state index < -0.39 is 0 Å². The van der Waals surface area contributed by atoms with Crippen molar-refractivity contribution in [3.05, 3.63) is 47.7 Å². The van der Waals surface area contributed by atoms with Crippen LogP contribution >= 0.6 is 11.6 Å². The standard InChI is InChI=1S/C10H6ClO2/c11-8-3-1-4-9(7-8)13-10-5-2-6-12-10/h1-5,7H. The zero-order chi connectivity index (χ0) is 9.10. The second-order valence-corrected chi connectivity index (χ2v) is 2.87. The molecule has 1 aromatic carbocycles. The van der Waals surface area contributed by atoms with Gasteiger partial charge in [0.1, 0.15) is 5.75 Å². The molecule has 0 amide bonds. The van der Waals surface area contributed by atoms with E-state index in [1.54, 1.807) is 30.3 Å². The summed E-state index contributed by atoms with van der Waals surface area (Å²) in [5.74, 6) is 1.05. The van der Waals surface area contributed by atoms with Crippen LogP contribution in [0.2, 0.25) is 5.02 Å². The summed E-state index contributed by atoms with van der Waals surface area (Å²) in [4.78, 5) is 0. The zero-order valence-corrected chi connectivity index (χ0v) is 7.41. The summed E-state index contributed by atoms with van der Waals surface area (Å²) >= 11 is 5.77. The van der Waals surface area contributed by atoms with Gasteiger partial charge >= 0.3 is 0 Å². The molecule has 0 aliphatic rings. The fourth-order valence-electron chi connectivity index (χ4n) is 0.930. The maximum atomic E-state index is 5.77. The fraction of sp³-hybridized carbons (Fsp3) is 0. The van der Waals surface area contributed by atoms with Crippen molar-refractivity contribution in [3.8, 4) is 11.7 Å². The number of ether oxygens (including phenoxy) is 1. The number of benzene rings is 1. The number of rotatable bonds is 2. The van der Waals surface area contributed by atoms with Crippen LogP contribution in [0, 0.1) is 6.26 Å². The largest absolute Gasteiger partial charge is 0.426 e. The van der Waals surface area contributed by atoms with Crippen molar-refractivity contribution < 1.29 is 9.15 Å². The second-order valence-electron chi connectivity index (χ2n) is 2.43. The van der Waals surface area contributed by atoms with Gasteiger partial charge in [0.25, 0.3) is 5.95 Å². The highest BCUT2D eigenvalue weighted by molar-refractivity contribution is 6.30. The van der Waals surface area contributed by atoms with E-state index in [-0.39, 0.29) is 0 Å². The van der Waals surface area contributed by atoms with Crippen molar-refractivity contribution in [2.75, 3.05) is 0 Å². The minimum absolute atomic E-state index is 0.405. The molecule has 2 nitrogen and oxygen atoms in total. The summed E-state index contributed by atoms with van der Waals surface area (Å²) in [5.41, 5.74) is 0. The predicted molar refractivity (Wildman–Crippen MR) is 49.1 cm³/mol. The maximum Gasteiger partial charge on any atom is 0.290 e. The molecule has 0 spiro atoms. The summed E-state index contributed by atoms with van der Waals surface area (Å²) in [6.07, 6.45) is 2.53. The Kier molecular flexibility index (Phi) is 2.23. The lowest BCUT2D eigenvalue weighted by Gasteiger charge is -2.00. The zero-order valence-electron chi connectivity index (χ0n) is 6.66. The molecule has 1 radical (unpaired) electrons. The lowest BCUT2D eigenvalue weighted by molar-refractivity contribution is 0.344. The lowest BCUT2D eigenvalue weighted by Crippen LogP contribution is -1.80. The van der Waals surface area contributed by atoms with E-state index in [0.717, 1.165) is 0 Å². The third-order valence-electron chi connectivity index (χ3n) is 1.46. The van der Waals surface area contributed by atoms with Gasteiger partial charge in [-0.3, -0.25) is 0 Å². The molecule has 13 heavy (non-hydrogen) atoms. The van der Waals surface area contributed by atoms with Gasteiger partial charge in [-0.2, -0.15) is 0 Å². The Hall–Kier alpha value is -1.41. The molecule has 1 aromatic heterocycles. The molecule has 1 heterocycles. The first-order valence-corrected chi connectivity index (χ1v) is 4.12. The smallest absolute Gasteiger partial charge is 0.290 e. The molecule has 0 bridgehead atoms. The van der Waals surface area contributed by atoms with Crippen LogP contribution in [0.25, 0.3) is 0 Å². The number of furan rings is 1. The van der Waals surface area contributed by atoms with Gasteiger partial charge < -0.3 is 9.15 Å². The number of halogens is 1. The van der Waals surface area contributed by atoms with Crippen LogP contribution in [-0.2, 0) is 0 Å². The van der Waals surface area contributed by atoms with Crippen molar-refractivity contribution >= 4 is 11.6 Å². The second kappa shape index (κ2) is 3.54. The van der Waals surface area contributed by atoms with E-state index in [9.17, 15) is 0 Å². The Morgan fingerprint density at radius 1 is 1.31 bits per heavy atom. The van der Waals surface area contributed by atoms with E-state index in [2.05, 4.69) is 6.26 Å². The minimum atomic E-state index is 0.405. The molecule has 3 heteroatoms. The topological polar surface area (TPSA) is 22.4 Å². The van der Waals surface area contributed by atoms with Gasteiger partial charge in [-0.05, 0) is 24.3 Å². The van der Waals surface area contributed by atoms with Crippen LogP contribution in [0.4, 0.5) is 0 Å². The Morgan fingerprint density at radius 2 is 2.23 bits per heavy atom. The number of hydrogen-bond donors (Lipinski definition) is 0. The molecule has 0 saturated carbocycles. The molecular formula is C10H6ClO2. The van der Waals surface area contributed by atoms with Gasteiger partial charge in [0.15, 0.2) is 6.26 Å². The Labute approximate surface area is 80.7 Å². The summed E-state index contributed by atoms with van der Waals surface area (Å²) < 4.78 is 10.2. The molecular weight excluding hydrogens is 188 g/mol. The third kappa shape index (κ3) is 2.04. The van der Waals surface area contributed by atoms with Crippen LogP contribution in [0.3, 0.4) is 0 Å². The summed E-state index contributed by atoms with van der Waals surface area (Å²) in [7, 11) is 0. The summed E-state index contributed by atoms with van der Waals surface area (Å²) in [6.45, 7) is 0. The van der Waals surface area contributed by atoms with Crippen LogP contribution in [0.1, 0.15) is 0 Å². The lowest BCUT2D eigenvalue weighted by atomic mass is 10.3. The molecule has 0 N–H and O–H groups in total. The Morgan fingerprint density at radius 3 is 2.92 bits per heavy atom. The monoisotopic (exact) mass is 193 g/mol. The predicted octanol–water partition coefficient (Wildman–Crippen LogP) is 3.53. The highest BCUT2D eigenvalue weighted by Crippen LogP contribution is 2.23. The first-order chi connectivity index (χ1) is 6.34. The molecule has 0 aliphatic heterocycles. The number of hydrogen-bond acceptors (Lipinski definition) is 2. The molecule has 0 fully saturated rings. The summed E-state index contributed by atoms with van der Waals surface area (Å²) in [6, 6.07) is 10.4. The molecule has 2 rings (SSSR count). The maximum absolute atomic E-state index is 5.77. The quantitative estimate of drug-likeness (QED) is 0.728. The SMILES string of the molecule is Clc1cccc(Oc2cc[c]o2)c1. The molecule has 0 unspecified atom stereocenters. The van der Waals surface area contributed by atoms with Crippen molar-refractivity contribution in [2.24, 2.45) is 0 Å². The van der Waals surface area contributed by atoms with Gasteiger partial charge in [0.05, 0.1) is 0 Å². The van der Waals surface area contributed by atoms with Crippen LogP contribution < -0.4 is 4.74 Å². The summed E-state index contributed by atoms with van der Waals surface area (Å²) in [5, 5.41) is 0.632. The van der Waals surface area contributed by atoms with E-state index in [0.29, 0.717) is 16.7 Å². The molecule has 65 valence electrons. The van der Waals surface area contributed by atoms with E-state index >= 15 is 0 Å².